The highest BCUT2D eigenvalue weighted by Crippen LogP contribution is 2.29. The summed E-state index contributed by atoms with van der Waals surface area (Å²) < 4.78 is 4.24. The third kappa shape index (κ3) is 3.02. The molecule has 114 valence electrons. The van der Waals surface area contributed by atoms with Crippen LogP contribution in [0.5, 0.6) is 0 Å². The van der Waals surface area contributed by atoms with Crippen LogP contribution in [0.15, 0.2) is 18.7 Å². The highest BCUT2D eigenvalue weighted by atomic mass is 15.3. The molecule has 2 aromatic heterocycles. The third-order valence-electron chi connectivity index (χ3n) is 4.33. The average molecular weight is 287 g/mol. The Morgan fingerprint density at radius 1 is 1.29 bits per heavy atom. The largest absolute Gasteiger partial charge is 0.346 e. The van der Waals surface area contributed by atoms with E-state index in [0.29, 0.717) is 6.04 Å². The van der Waals surface area contributed by atoms with Crippen LogP contribution in [0.1, 0.15) is 56.1 Å². The quantitative estimate of drug-likeness (QED) is 0.860. The van der Waals surface area contributed by atoms with Crippen molar-refractivity contribution < 1.29 is 0 Å². The molecule has 1 aliphatic rings. The number of rotatable bonds is 5. The molecule has 0 radical (unpaired) electrons. The number of hydrogen-bond acceptors (Lipinski definition) is 3. The highest BCUT2D eigenvalue weighted by Gasteiger charge is 2.20. The van der Waals surface area contributed by atoms with Gasteiger partial charge in [-0.25, -0.2) is 9.67 Å². The number of nitrogens with one attached hydrogen (secondary N) is 1. The van der Waals surface area contributed by atoms with E-state index in [-0.39, 0.29) is 0 Å². The smallest absolute Gasteiger partial charge is 0.146 e. The van der Waals surface area contributed by atoms with Crippen molar-refractivity contribution in [3.05, 3.63) is 35.7 Å². The monoisotopic (exact) mass is 287 g/mol. The van der Waals surface area contributed by atoms with Gasteiger partial charge in [-0.05, 0) is 43.9 Å². The van der Waals surface area contributed by atoms with Crippen LogP contribution in [0.3, 0.4) is 0 Å². The van der Waals surface area contributed by atoms with Gasteiger partial charge >= 0.3 is 0 Å². The summed E-state index contributed by atoms with van der Waals surface area (Å²) in [6.45, 7) is 6.99. The Bertz CT molecular complexity index is 583. The van der Waals surface area contributed by atoms with Crippen LogP contribution < -0.4 is 5.32 Å². The van der Waals surface area contributed by atoms with Gasteiger partial charge in [0.25, 0.3) is 0 Å². The summed E-state index contributed by atoms with van der Waals surface area (Å²) >= 11 is 0. The molecule has 5 heteroatoms. The summed E-state index contributed by atoms with van der Waals surface area (Å²) in [4.78, 5) is 4.38. The Morgan fingerprint density at radius 3 is 3.00 bits per heavy atom. The summed E-state index contributed by atoms with van der Waals surface area (Å²) in [7, 11) is 0. The number of fused-ring (bicyclic) bond motifs is 1. The van der Waals surface area contributed by atoms with Crippen molar-refractivity contribution in [3.8, 4) is 0 Å². The van der Waals surface area contributed by atoms with Gasteiger partial charge in [0.05, 0.1) is 6.54 Å². The molecule has 1 aliphatic carbocycles. The van der Waals surface area contributed by atoms with Crippen molar-refractivity contribution in [3.63, 3.8) is 0 Å². The molecule has 0 saturated heterocycles. The molecular weight excluding hydrogens is 262 g/mol. The van der Waals surface area contributed by atoms with E-state index in [0.717, 1.165) is 25.5 Å². The highest BCUT2D eigenvalue weighted by molar-refractivity contribution is 5.29. The number of aryl methyl sites for hydroxylation is 2. The van der Waals surface area contributed by atoms with Crippen LogP contribution in [-0.4, -0.2) is 25.9 Å². The Balaban J connectivity index is 1.83. The normalized spacial score (nSPS) is 18.5. The van der Waals surface area contributed by atoms with Gasteiger partial charge in [0, 0.05) is 25.0 Å². The van der Waals surface area contributed by atoms with Crippen LogP contribution >= 0.6 is 0 Å². The molecule has 0 spiro atoms. The van der Waals surface area contributed by atoms with E-state index in [9.17, 15) is 0 Å². The molecule has 0 aliphatic heterocycles. The minimum absolute atomic E-state index is 0.512. The number of nitrogens with zero attached hydrogens (tertiary/aromatic N) is 4. The van der Waals surface area contributed by atoms with Crippen LogP contribution in [0.25, 0.3) is 0 Å². The molecule has 1 unspecified atom stereocenters. The Hall–Kier alpha value is -1.62. The molecule has 2 aromatic rings. The fraction of sp³-hybridized carbons (Fsp3) is 0.625. The van der Waals surface area contributed by atoms with E-state index < -0.39 is 0 Å². The standard InChI is InChI=1S/C16H25N5/c1-3-17-15-8-6-5-7-13-9-20(10-14(13)15)11-16-18-12-19-21(16)4-2/h9-10,12,15,17H,3-8,11H2,1-2H3. The molecule has 21 heavy (non-hydrogen) atoms. The molecule has 0 aromatic carbocycles. The molecule has 0 saturated carbocycles. The van der Waals surface area contributed by atoms with E-state index in [2.05, 4.69) is 46.2 Å². The van der Waals surface area contributed by atoms with Crippen LogP contribution in [0, 0.1) is 0 Å². The first kappa shape index (κ1) is 14.3. The van der Waals surface area contributed by atoms with Crippen molar-refractivity contribution in [2.75, 3.05) is 6.54 Å². The molecule has 1 atom stereocenters. The maximum atomic E-state index is 4.38. The second-order valence-electron chi connectivity index (χ2n) is 5.76. The van der Waals surface area contributed by atoms with Gasteiger partial charge < -0.3 is 9.88 Å². The predicted molar refractivity (Wildman–Crippen MR) is 83.2 cm³/mol. The fourth-order valence-electron chi connectivity index (χ4n) is 3.30. The zero-order valence-corrected chi connectivity index (χ0v) is 13.0. The summed E-state index contributed by atoms with van der Waals surface area (Å²) in [5, 5.41) is 7.88. The van der Waals surface area contributed by atoms with Crippen LogP contribution in [-0.2, 0) is 19.5 Å². The Morgan fingerprint density at radius 2 is 2.19 bits per heavy atom. The summed E-state index contributed by atoms with van der Waals surface area (Å²) in [5.41, 5.74) is 2.98. The van der Waals surface area contributed by atoms with Crippen molar-refractivity contribution in [1.29, 1.82) is 0 Å². The second-order valence-corrected chi connectivity index (χ2v) is 5.76. The third-order valence-corrected chi connectivity index (χ3v) is 4.33. The van der Waals surface area contributed by atoms with Gasteiger partial charge in [-0.1, -0.05) is 13.3 Å². The molecular formula is C16H25N5. The fourth-order valence-corrected chi connectivity index (χ4v) is 3.30. The first-order valence-electron chi connectivity index (χ1n) is 8.10. The molecule has 2 heterocycles. The van der Waals surface area contributed by atoms with Gasteiger partial charge in [0.1, 0.15) is 12.2 Å². The van der Waals surface area contributed by atoms with Crippen molar-refractivity contribution in [1.82, 2.24) is 24.6 Å². The predicted octanol–water partition coefficient (Wildman–Crippen LogP) is 2.52. The lowest BCUT2D eigenvalue weighted by atomic mass is 10.0. The SMILES string of the molecule is CCNC1CCCCc2cn(Cc3ncnn3CC)cc21. The van der Waals surface area contributed by atoms with Crippen LogP contribution in [0.2, 0.25) is 0 Å². The number of hydrogen-bond donors (Lipinski definition) is 1. The molecule has 1 N–H and O–H groups in total. The summed E-state index contributed by atoms with van der Waals surface area (Å²) in [6, 6.07) is 0.512. The van der Waals surface area contributed by atoms with E-state index in [1.807, 2.05) is 4.68 Å². The first-order chi connectivity index (χ1) is 10.3. The zero-order chi connectivity index (χ0) is 14.7. The van der Waals surface area contributed by atoms with Crippen molar-refractivity contribution in [2.24, 2.45) is 0 Å². The number of aromatic nitrogens is 4. The second kappa shape index (κ2) is 6.43. The summed E-state index contributed by atoms with van der Waals surface area (Å²) in [5.74, 6) is 1.03. The topological polar surface area (TPSA) is 47.7 Å². The van der Waals surface area contributed by atoms with Gasteiger partial charge in [-0.15, -0.1) is 0 Å². The van der Waals surface area contributed by atoms with Gasteiger partial charge in [-0.2, -0.15) is 5.10 Å². The lowest BCUT2D eigenvalue weighted by Gasteiger charge is -2.15. The molecule has 0 amide bonds. The van der Waals surface area contributed by atoms with Crippen molar-refractivity contribution >= 4 is 0 Å². The van der Waals surface area contributed by atoms with Crippen LogP contribution in [0.4, 0.5) is 0 Å². The van der Waals surface area contributed by atoms with Crippen molar-refractivity contribution in [2.45, 2.75) is 58.7 Å². The molecule has 0 bridgehead atoms. The molecule has 5 nitrogen and oxygen atoms in total. The Kier molecular flexibility index (Phi) is 4.39. The lowest BCUT2D eigenvalue weighted by molar-refractivity contribution is 0.501. The Labute approximate surface area is 126 Å². The van der Waals surface area contributed by atoms with E-state index in [1.54, 1.807) is 6.33 Å². The minimum atomic E-state index is 0.512. The maximum absolute atomic E-state index is 4.38. The molecule has 0 fully saturated rings. The zero-order valence-electron chi connectivity index (χ0n) is 13.0. The van der Waals surface area contributed by atoms with Gasteiger partial charge in [0.15, 0.2) is 0 Å². The average Bonchev–Trinajstić information content (AvgIpc) is 3.05. The minimum Gasteiger partial charge on any atom is -0.346 e. The van der Waals surface area contributed by atoms with E-state index in [4.69, 9.17) is 0 Å². The molecule has 3 rings (SSSR count). The first-order valence-corrected chi connectivity index (χ1v) is 8.10. The lowest BCUT2D eigenvalue weighted by Crippen LogP contribution is -2.20. The summed E-state index contributed by atoms with van der Waals surface area (Å²) in [6.07, 6.45) is 11.3. The van der Waals surface area contributed by atoms with E-state index >= 15 is 0 Å². The van der Waals surface area contributed by atoms with Gasteiger partial charge in [0.2, 0.25) is 0 Å². The van der Waals surface area contributed by atoms with Gasteiger partial charge in [-0.3, -0.25) is 0 Å². The van der Waals surface area contributed by atoms with E-state index in [1.165, 1.54) is 36.8 Å². The maximum Gasteiger partial charge on any atom is 0.146 e.